The number of carbonyl (C=O) groups excluding carboxylic acids is 1. The van der Waals surface area contributed by atoms with Gasteiger partial charge in [0.2, 0.25) is 0 Å². The second-order valence-corrected chi connectivity index (χ2v) is 5.90. The number of hydrogen-bond acceptors (Lipinski definition) is 2. The molecule has 1 aliphatic carbocycles. The molecule has 0 spiro atoms. The van der Waals surface area contributed by atoms with Crippen LogP contribution in [0.25, 0.3) is 0 Å². The first-order valence-electron chi connectivity index (χ1n) is 6.44. The summed E-state index contributed by atoms with van der Waals surface area (Å²) in [4.78, 5) is 12.1. The Balaban J connectivity index is 2.00. The van der Waals surface area contributed by atoms with Gasteiger partial charge in [0.05, 0.1) is 0 Å². The van der Waals surface area contributed by atoms with E-state index in [1.165, 1.54) is 25.7 Å². The predicted octanol–water partition coefficient (Wildman–Crippen LogP) is 3.34. The summed E-state index contributed by atoms with van der Waals surface area (Å²) in [6.07, 6.45) is 5.03. The molecule has 0 aliphatic heterocycles. The Hall–Kier alpha value is -1.03. The van der Waals surface area contributed by atoms with Crippen molar-refractivity contribution in [3.8, 4) is 0 Å². The Morgan fingerprint density at radius 2 is 2.11 bits per heavy atom. The summed E-state index contributed by atoms with van der Waals surface area (Å²) < 4.78 is 0.822. The minimum Gasteiger partial charge on any atom is -0.398 e. The Kier molecular flexibility index (Phi) is 4.27. The maximum absolute atomic E-state index is 12.1. The standard InChI is InChI=1S/C14H19BrN2O/c1-9(10-4-2-3-5-10)17-14(18)11-6-7-12(15)13(16)8-11/h6-10H,2-5,16H2,1H3,(H,17,18)/t9-/m1/s1. The third kappa shape index (κ3) is 3.05. The fraction of sp³-hybridized carbons (Fsp3) is 0.500. The quantitative estimate of drug-likeness (QED) is 0.841. The average Bonchev–Trinajstić information content (AvgIpc) is 2.86. The number of benzene rings is 1. The van der Waals surface area contributed by atoms with Crippen molar-refractivity contribution in [1.82, 2.24) is 5.32 Å². The van der Waals surface area contributed by atoms with E-state index in [4.69, 9.17) is 5.73 Å². The Morgan fingerprint density at radius 1 is 1.44 bits per heavy atom. The molecule has 1 saturated carbocycles. The smallest absolute Gasteiger partial charge is 0.251 e. The first-order valence-corrected chi connectivity index (χ1v) is 7.23. The molecule has 0 radical (unpaired) electrons. The van der Waals surface area contributed by atoms with Crippen molar-refractivity contribution in [2.45, 2.75) is 38.6 Å². The maximum Gasteiger partial charge on any atom is 0.251 e. The lowest BCUT2D eigenvalue weighted by molar-refractivity contribution is 0.0927. The van der Waals surface area contributed by atoms with E-state index in [-0.39, 0.29) is 11.9 Å². The number of nitrogens with one attached hydrogen (secondary N) is 1. The zero-order chi connectivity index (χ0) is 13.1. The molecule has 0 saturated heterocycles. The molecule has 18 heavy (non-hydrogen) atoms. The highest BCUT2D eigenvalue weighted by molar-refractivity contribution is 9.10. The van der Waals surface area contributed by atoms with Gasteiger partial charge >= 0.3 is 0 Å². The van der Waals surface area contributed by atoms with Gasteiger partial charge in [0.25, 0.3) is 5.91 Å². The topological polar surface area (TPSA) is 55.1 Å². The number of anilines is 1. The van der Waals surface area contributed by atoms with E-state index in [1.807, 2.05) is 6.07 Å². The Bertz CT molecular complexity index is 441. The van der Waals surface area contributed by atoms with Crippen LogP contribution in [0.2, 0.25) is 0 Å². The SMILES string of the molecule is C[C@@H](NC(=O)c1ccc(Br)c(N)c1)C1CCCC1. The average molecular weight is 311 g/mol. The van der Waals surface area contributed by atoms with Crippen LogP contribution >= 0.6 is 15.9 Å². The number of rotatable bonds is 3. The van der Waals surface area contributed by atoms with Crippen LogP contribution in [0.5, 0.6) is 0 Å². The van der Waals surface area contributed by atoms with Crippen molar-refractivity contribution in [3.05, 3.63) is 28.2 Å². The van der Waals surface area contributed by atoms with E-state index in [9.17, 15) is 4.79 Å². The normalized spacial score (nSPS) is 17.7. The Labute approximate surface area is 116 Å². The van der Waals surface area contributed by atoms with Gasteiger partial charge in [-0.1, -0.05) is 12.8 Å². The monoisotopic (exact) mass is 310 g/mol. The number of amides is 1. The van der Waals surface area contributed by atoms with E-state index in [1.54, 1.807) is 12.1 Å². The Morgan fingerprint density at radius 3 is 2.72 bits per heavy atom. The van der Waals surface area contributed by atoms with Crippen LogP contribution < -0.4 is 11.1 Å². The van der Waals surface area contributed by atoms with Gasteiger partial charge in [-0.15, -0.1) is 0 Å². The highest BCUT2D eigenvalue weighted by atomic mass is 79.9. The second-order valence-electron chi connectivity index (χ2n) is 5.04. The lowest BCUT2D eigenvalue weighted by atomic mass is 9.99. The fourth-order valence-electron chi connectivity index (χ4n) is 2.55. The summed E-state index contributed by atoms with van der Waals surface area (Å²) in [5.74, 6) is 0.593. The molecule has 98 valence electrons. The molecule has 1 aromatic rings. The summed E-state index contributed by atoms with van der Waals surface area (Å²) >= 11 is 3.33. The predicted molar refractivity (Wildman–Crippen MR) is 77.4 cm³/mol. The summed E-state index contributed by atoms with van der Waals surface area (Å²) in [7, 11) is 0. The van der Waals surface area contributed by atoms with Crippen molar-refractivity contribution >= 4 is 27.5 Å². The number of hydrogen-bond donors (Lipinski definition) is 2. The molecule has 0 aromatic heterocycles. The molecular formula is C14H19BrN2O. The van der Waals surface area contributed by atoms with Gasteiger partial charge in [0.15, 0.2) is 0 Å². The molecule has 0 unspecified atom stereocenters. The molecule has 0 heterocycles. The van der Waals surface area contributed by atoms with Crippen LogP contribution in [0.15, 0.2) is 22.7 Å². The summed E-state index contributed by atoms with van der Waals surface area (Å²) in [5, 5.41) is 3.07. The number of nitrogen functional groups attached to an aromatic ring is 1. The van der Waals surface area contributed by atoms with Gasteiger partial charge in [-0.3, -0.25) is 4.79 Å². The van der Waals surface area contributed by atoms with Crippen LogP contribution in [-0.2, 0) is 0 Å². The molecule has 3 N–H and O–H groups in total. The summed E-state index contributed by atoms with van der Waals surface area (Å²) in [6.45, 7) is 2.09. The molecule has 1 atom stereocenters. The molecule has 1 amide bonds. The van der Waals surface area contributed by atoms with Crippen molar-refractivity contribution < 1.29 is 4.79 Å². The zero-order valence-electron chi connectivity index (χ0n) is 10.6. The van der Waals surface area contributed by atoms with Gasteiger partial charge in [-0.2, -0.15) is 0 Å². The third-order valence-electron chi connectivity index (χ3n) is 3.72. The van der Waals surface area contributed by atoms with Crippen molar-refractivity contribution in [3.63, 3.8) is 0 Å². The highest BCUT2D eigenvalue weighted by Gasteiger charge is 2.23. The first kappa shape index (κ1) is 13.4. The third-order valence-corrected chi connectivity index (χ3v) is 4.45. The molecule has 3 nitrogen and oxygen atoms in total. The van der Waals surface area contributed by atoms with Crippen LogP contribution in [-0.4, -0.2) is 11.9 Å². The van der Waals surface area contributed by atoms with E-state index in [0.29, 0.717) is 17.2 Å². The van der Waals surface area contributed by atoms with Crippen molar-refractivity contribution in [2.24, 2.45) is 5.92 Å². The van der Waals surface area contributed by atoms with Crippen molar-refractivity contribution in [2.75, 3.05) is 5.73 Å². The number of halogens is 1. The fourth-order valence-corrected chi connectivity index (χ4v) is 2.80. The van der Waals surface area contributed by atoms with E-state index in [0.717, 1.165) is 4.47 Å². The molecule has 2 rings (SSSR count). The zero-order valence-corrected chi connectivity index (χ0v) is 12.2. The molecule has 4 heteroatoms. The molecule has 1 fully saturated rings. The molecule has 1 aliphatic rings. The van der Waals surface area contributed by atoms with Crippen molar-refractivity contribution in [1.29, 1.82) is 0 Å². The summed E-state index contributed by atoms with van der Waals surface area (Å²) in [6, 6.07) is 5.55. The van der Waals surface area contributed by atoms with Gasteiger partial charge in [-0.25, -0.2) is 0 Å². The first-order chi connectivity index (χ1) is 8.58. The maximum atomic E-state index is 12.1. The van der Waals surface area contributed by atoms with E-state index < -0.39 is 0 Å². The van der Waals surface area contributed by atoms with Crippen LogP contribution in [0.1, 0.15) is 43.0 Å². The van der Waals surface area contributed by atoms with Crippen LogP contribution in [0.3, 0.4) is 0 Å². The summed E-state index contributed by atoms with van der Waals surface area (Å²) in [5.41, 5.74) is 7.00. The van der Waals surface area contributed by atoms with Gasteiger partial charge in [0, 0.05) is 21.8 Å². The van der Waals surface area contributed by atoms with Crippen LogP contribution in [0, 0.1) is 5.92 Å². The van der Waals surface area contributed by atoms with E-state index >= 15 is 0 Å². The second kappa shape index (κ2) is 5.74. The minimum atomic E-state index is -0.0337. The highest BCUT2D eigenvalue weighted by Crippen LogP contribution is 2.27. The van der Waals surface area contributed by atoms with E-state index in [2.05, 4.69) is 28.2 Å². The minimum absolute atomic E-state index is 0.0337. The lowest BCUT2D eigenvalue weighted by Crippen LogP contribution is -2.37. The number of carbonyl (C=O) groups is 1. The largest absolute Gasteiger partial charge is 0.398 e. The van der Waals surface area contributed by atoms with Gasteiger partial charge in [0.1, 0.15) is 0 Å². The molecular weight excluding hydrogens is 292 g/mol. The number of nitrogens with two attached hydrogens (primary N) is 1. The van der Waals surface area contributed by atoms with Crippen LogP contribution in [0.4, 0.5) is 5.69 Å². The molecule has 1 aromatic carbocycles. The lowest BCUT2D eigenvalue weighted by Gasteiger charge is -2.20. The molecule has 0 bridgehead atoms. The van der Waals surface area contributed by atoms with Gasteiger partial charge in [-0.05, 0) is 59.8 Å². The van der Waals surface area contributed by atoms with Gasteiger partial charge < -0.3 is 11.1 Å².